The molecular formula is C12H10O3. The fourth-order valence-corrected chi connectivity index (χ4v) is 1.59. The van der Waals surface area contributed by atoms with Gasteiger partial charge in [0.05, 0.1) is 12.2 Å². The van der Waals surface area contributed by atoms with Gasteiger partial charge < -0.3 is 4.74 Å². The molecule has 3 nitrogen and oxygen atoms in total. The van der Waals surface area contributed by atoms with Gasteiger partial charge in [-0.05, 0) is 25.1 Å². The van der Waals surface area contributed by atoms with Crippen LogP contribution in [0.1, 0.15) is 27.6 Å². The highest BCUT2D eigenvalue weighted by Gasteiger charge is 2.31. The highest BCUT2D eigenvalue weighted by Crippen LogP contribution is 2.28. The maximum atomic E-state index is 11.6. The number of benzene rings is 1. The van der Waals surface area contributed by atoms with Crippen molar-refractivity contribution in [3.05, 3.63) is 41.5 Å². The lowest BCUT2D eigenvalue weighted by atomic mass is 10.1. The molecule has 0 amide bonds. The Morgan fingerprint density at radius 2 is 1.87 bits per heavy atom. The van der Waals surface area contributed by atoms with Crippen LogP contribution in [0.5, 0.6) is 5.75 Å². The van der Waals surface area contributed by atoms with E-state index in [4.69, 9.17) is 4.74 Å². The normalized spacial score (nSPS) is 14.3. The summed E-state index contributed by atoms with van der Waals surface area (Å²) in [5.41, 5.74) is 0.864. The average molecular weight is 202 g/mol. The summed E-state index contributed by atoms with van der Waals surface area (Å²) in [5.74, 6) is 0.0294. The predicted molar refractivity (Wildman–Crippen MR) is 55.4 cm³/mol. The second-order valence-corrected chi connectivity index (χ2v) is 3.28. The number of allylic oxidation sites excluding steroid dienone is 1. The van der Waals surface area contributed by atoms with E-state index >= 15 is 0 Å². The van der Waals surface area contributed by atoms with E-state index in [0.717, 1.165) is 0 Å². The van der Waals surface area contributed by atoms with E-state index in [1.165, 1.54) is 0 Å². The smallest absolute Gasteiger partial charge is 0.197 e. The Bertz CT molecular complexity index is 472. The van der Waals surface area contributed by atoms with Crippen molar-refractivity contribution < 1.29 is 14.3 Å². The Hall–Kier alpha value is -1.90. The summed E-state index contributed by atoms with van der Waals surface area (Å²) in [4.78, 5) is 23.1. The van der Waals surface area contributed by atoms with E-state index in [1.807, 2.05) is 6.92 Å². The third-order valence-electron chi connectivity index (χ3n) is 2.34. The molecule has 0 N–H and O–H groups in total. The summed E-state index contributed by atoms with van der Waals surface area (Å²) in [6.45, 7) is 5.86. The molecule has 1 aliphatic carbocycles. The van der Waals surface area contributed by atoms with Crippen LogP contribution < -0.4 is 4.74 Å². The SMILES string of the molecule is C=C1C(=O)c2ccc(OCC)cc2C1=O. The van der Waals surface area contributed by atoms with Gasteiger partial charge in [0.1, 0.15) is 5.75 Å². The van der Waals surface area contributed by atoms with Gasteiger partial charge in [0.2, 0.25) is 0 Å². The Morgan fingerprint density at radius 3 is 2.53 bits per heavy atom. The molecule has 0 radical (unpaired) electrons. The number of carbonyl (C=O) groups is 2. The molecule has 0 spiro atoms. The average Bonchev–Trinajstić information content (AvgIpc) is 2.45. The first-order valence-corrected chi connectivity index (χ1v) is 4.70. The van der Waals surface area contributed by atoms with E-state index in [9.17, 15) is 9.59 Å². The van der Waals surface area contributed by atoms with Crippen LogP contribution in [0.4, 0.5) is 0 Å². The van der Waals surface area contributed by atoms with Crippen molar-refractivity contribution in [2.75, 3.05) is 6.61 Å². The van der Waals surface area contributed by atoms with Crippen LogP contribution in [0.15, 0.2) is 30.4 Å². The van der Waals surface area contributed by atoms with Crippen molar-refractivity contribution in [1.82, 2.24) is 0 Å². The number of Topliss-reactive ketones (excluding diaryl/α,β-unsaturated/α-hetero) is 2. The van der Waals surface area contributed by atoms with Crippen LogP contribution in [0, 0.1) is 0 Å². The second-order valence-electron chi connectivity index (χ2n) is 3.28. The molecule has 1 aromatic carbocycles. The zero-order valence-electron chi connectivity index (χ0n) is 8.37. The second kappa shape index (κ2) is 3.35. The van der Waals surface area contributed by atoms with E-state index in [0.29, 0.717) is 23.5 Å². The lowest BCUT2D eigenvalue weighted by molar-refractivity contribution is 0.0989. The Balaban J connectivity index is 2.51. The highest BCUT2D eigenvalue weighted by atomic mass is 16.5. The van der Waals surface area contributed by atoms with Crippen molar-refractivity contribution in [3.8, 4) is 5.75 Å². The first-order chi connectivity index (χ1) is 7.15. The third kappa shape index (κ3) is 1.36. The van der Waals surface area contributed by atoms with Crippen molar-refractivity contribution in [2.24, 2.45) is 0 Å². The highest BCUT2D eigenvalue weighted by molar-refractivity contribution is 6.39. The van der Waals surface area contributed by atoms with Crippen LogP contribution in [0.3, 0.4) is 0 Å². The first-order valence-electron chi connectivity index (χ1n) is 4.70. The minimum absolute atomic E-state index is 0.0404. The van der Waals surface area contributed by atoms with Crippen molar-refractivity contribution in [2.45, 2.75) is 6.92 Å². The monoisotopic (exact) mass is 202 g/mol. The number of rotatable bonds is 2. The number of ketones is 2. The summed E-state index contributed by atoms with van der Waals surface area (Å²) in [7, 11) is 0. The van der Waals surface area contributed by atoms with Gasteiger partial charge in [-0.2, -0.15) is 0 Å². The number of ether oxygens (including phenoxy) is 1. The summed E-state index contributed by atoms with van der Waals surface area (Å²) < 4.78 is 5.26. The number of fused-ring (bicyclic) bond motifs is 1. The number of hydrogen-bond acceptors (Lipinski definition) is 3. The van der Waals surface area contributed by atoms with Gasteiger partial charge in [0.15, 0.2) is 11.6 Å². The van der Waals surface area contributed by atoms with Gasteiger partial charge in [-0.15, -0.1) is 0 Å². The van der Waals surface area contributed by atoms with E-state index in [1.54, 1.807) is 18.2 Å². The topological polar surface area (TPSA) is 43.4 Å². The Morgan fingerprint density at radius 1 is 1.20 bits per heavy atom. The Kier molecular flexibility index (Phi) is 2.15. The zero-order chi connectivity index (χ0) is 11.0. The van der Waals surface area contributed by atoms with Crippen LogP contribution in [0.25, 0.3) is 0 Å². The van der Waals surface area contributed by atoms with Crippen LogP contribution in [0.2, 0.25) is 0 Å². The molecule has 0 fully saturated rings. The van der Waals surface area contributed by atoms with Crippen LogP contribution in [-0.2, 0) is 0 Å². The fourth-order valence-electron chi connectivity index (χ4n) is 1.59. The quantitative estimate of drug-likeness (QED) is 0.544. The minimum Gasteiger partial charge on any atom is -0.494 e. The molecular weight excluding hydrogens is 192 g/mol. The van der Waals surface area contributed by atoms with Gasteiger partial charge in [0.25, 0.3) is 0 Å². The molecule has 0 heterocycles. The molecule has 3 heteroatoms. The molecule has 0 saturated carbocycles. The van der Waals surface area contributed by atoms with Crippen molar-refractivity contribution >= 4 is 11.6 Å². The van der Waals surface area contributed by atoms with Gasteiger partial charge >= 0.3 is 0 Å². The molecule has 0 aliphatic heterocycles. The van der Waals surface area contributed by atoms with Crippen LogP contribution in [-0.4, -0.2) is 18.2 Å². The summed E-state index contributed by atoms with van der Waals surface area (Å²) in [5, 5.41) is 0. The lowest BCUT2D eigenvalue weighted by Gasteiger charge is -2.03. The largest absolute Gasteiger partial charge is 0.494 e. The third-order valence-corrected chi connectivity index (χ3v) is 2.34. The zero-order valence-corrected chi connectivity index (χ0v) is 8.37. The molecule has 1 aromatic rings. The number of carbonyl (C=O) groups excluding carboxylic acids is 2. The van der Waals surface area contributed by atoms with Gasteiger partial charge in [0, 0.05) is 11.1 Å². The van der Waals surface area contributed by atoms with Crippen LogP contribution >= 0.6 is 0 Å². The maximum Gasteiger partial charge on any atom is 0.197 e. The van der Waals surface area contributed by atoms with E-state index in [2.05, 4.69) is 6.58 Å². The molecule has 15 heavy (non-hydrogen) atoms. The molecule has 0 atom stereocenters. The molecule has 76 valence electrons. The van der Waals surface area contributed by atoms with E-state index in [-0.39, 0.29) is 17.1 Å². The van der Waals surface area contributed by atoms with Crippen molar-refractivity contribution in [3.63, 3.8) is 0 Å². The van der Waals surface area contributed by atoms with Gasteiger partial charge in [-0.3, -0.25) is 9.59 Å². The number of hydrogen-bond donors (Lipinski definition) is 0. The molecule has 0 bridgehead atoms. The maximum absolute atomic E-state index is 11.6. The predicted octanol–water partition coefficient (Wildman–Crippen LogP) is 2.02. The lowest BCUT2D eigenvalue weighted by Crippen LogP contribution is -1.97. The Labute approximate surface area is 87.4 Å². The summed E-state index contributed by atoms with van der Waals surface area (Å²) in [6, 6.07) is 4.89. The standard InChI is InChI=1S/C12H10O3/c1-3-15-8-4-5-9-10(6-8)12(14)7(2)11(9)13/h4-6H,2-3H2,1H3. The molecule has 1 aliphatic rings. The van der Waals surface area contributed by atoms with Gasteiger partial charge in [-0.1, -0.05) is 6.58 Å². The fraction of sp³-hybridized carbons (Fsp3) is 0.167. The summed E-state index contributed by atoms with van der Waals surface area (Å²) in [6.07, 6.45) is 0. The van der Waals surface area contributed by atoms with Crippen molar-refractivity contribution in [1.29, 1.82) is 0 Å². The molecule has 2 rings (SSSR count). The molecule has 0 aromatic heterocycles. The molecule has 0 saturated heterocycles. The first kappa shape index (κ1) is 9.65. The molecule has 0 unspecified atom stereocenters. The van der Waals surface area contributed by atoms with Gasteiger partial charge in [-0.25, -0.2) is 0 Å². The summed E-state index contributed by atoms with van der Waals surface area (Å²) >= 11 is 0. The minimum atomic E-state index is -0.295. The van der Waals surface area contributed by atoms with E-state index < -0.39 is 0 Å².